The molecule has 1 heterocycles. The summed E-state index contributed by atoms with van der Waals surface area (Å²) in [6.45, 7) is 2.62. The zero-order valence-corrected chi connectivity index (χ0v) is 11.3. The third-order valence-electron chi connectivity index (χ3n) is 2.90. The first kappa shape index (κ1) is 13.3. The molecule has 0 amide bonds. The number of sulfonamides is 1. The van der Waals surface area contributed by atoms with Crippen molar-refractivity contribution in [2.24, 2.45) is 0 Å². The van der Waals surface area contributed by atoms with E-state index >= 15 is 0 Å². The highest BCUT2D eigenvalue weighted by molar-refractivity contribution is 7.92. The number of rotatable bonds is 7. The molecule has 0 radical (unpaired) electrons. The SMILES string of the molecule is Cc1ccncc1NS(=O)(=O)CCCNC1CC1. The first-order chi connectivity index (χ1) is 8.57. The summed E-state index contributed by atoms with van der Waals surface area (Å²) in [6.07, 6.45) is 6.26. The van der Waals surface area contributed by atoms with Crippen LogP contribution in [0.25, 0.3) is 0 Å². The van der Waals surface area contributed by atoms with Gasteiger partial charge in [-0.2, -0.15) is 0 Å². The predicted molar refractivity (Wildman–Crippen MR) is 72.0 cm³/mol. The Labute approximate surface area is 108 Å². The van der Waals surface area contributed by atoms with Crippen molar-refractivity contribution in [1.29, 1.82) is 0 Å². The van der Waals surface area contributed by atoms with E-state index in [1.54, 1.807) is 12.3 Å². The summed E-state index contributed by atoms with van der Waals surface area (Å²) in [6, 6.07) is 2.41. The number of aryl methyl sites for hydroxylation is 1. The van der Waals surface area contributed by atoms with E-state index in [4.69, 9.17) is 0 Å². The van der Waals surface area contributed by atoms with Crippen LogP contribution in [0.4, 0.5) is 5.69 Å². The van der Waals surface area contributed by atoms with Gasteiger partial charge in [0.25, 0.3) is 0 Å². The Hall–Kier alpha value is -1.14. The number of hydrogen-bond acceptors (Lipinski definition) is 4. The second-order valence-electron chi connectivity index (χ2n) is 4.69. The largest absolute Gasteiger partial charge is 0.314 e. The molecule has 1 aliphatic rings. The number of nitrogens with one attached hydrogen (secondary N) is 2. The van der Waals surface area contributed by atoms with Gasteiger partial charge in [-0.3, -0.25) is 9.71 Å². The molecule has 5 nitrogen and oxygen atoms in total. The van der Waals surface area contributed by atoms with Crippen LogP contribution in [0.1, 0.15) is 24.8 Å². The zero-order chi connectivity index (χ0) is 13.0. The molecule has 1 aliphatic carbocycles. The quantitative estimate of drug-likeness (QED) is 0.731. The first-order valence-electron chi connectivity index (χ1n) is 6.21. The summed E-state index contributed by atoms with van der Waals surface area (Å²) >= 11 is 0. The van der Waals surface area contributed by atoms with Crippen LogP contribution in [0.5, 0.6) is 0 Å². The molecule has 0 bridgehead atoms. The van der Waals surface area contributed by atoms with E-state index in [0.29, 0.717) is 18.2 Å². The fourth-order valence-corrected chi connectivity index (χ4v) is 2.82. The molecule has 0 unspecified atom stereocenters. The van der Waals surface area contributed by atoms with Crippen molar-refractivity contribution in [2.75, 3.05) is 17.0 Å². The summed E-state index contributed by atoms with van der Waals surface area (Å²) in [4.78, 5) is 3.92. The van der Waals surface area contributed by atoms with E-state index in [2.05, 4.69) is 15.0 Å². The lowest BCUT2D eigenvalue weighted by Gasteiger charge is -2.09. The van der Waals surface area contributed by atoms with Crippen molar-refractivity contribution in [3.8, 4) is 0 Å². The fraction of sp³-hybridized carbons (Fsp3) is 0.583. The maximum absolute atomic E-state index is 11.8. The van der Waals surface area contributed by atoms with Crippen LogP contribution in [0.15, 0.2) is 18.5 Å². The van der Waals surface area contributed by atoms with Gasteiger partial charge in [0.15, 0.2) is 0 Å². The van der Waals surface area contributed by atoms with Gasteiger partial charge >= 0.3 is 0 Å². The molecule has 1 fully saturated rings. The van der Waals surface area contributed by atoms with Crippen molar-refractivity contribution in [2.45, 2.75) is 32.2 Å². The summed E-state index contributed by atoms with van der Waals surface area (Å²) in [7, 11) is -3.26. The average molecular weight is 269 g/mol. The van der Waals surface area contributed by atoms with Crippen molar-refractivity contribution >= 4 is 15.7 Å². The molecule has 1 saturated carbocycles. The molecule has 2 N–H and O–H groups in total. The van der Waals surface area contributed by atoms with E-state index in [9.17, 15) is 8.42 Å². The number of nitrogens with zero attached hydrogens (tertiary/aromatic N) is 1. The van der Waals surface area contributed by atoms with Crippen LogP contribution in [-0.4, -0.2) is 31.7 Å². The summed E-state index contributed by atoms with van der Waals surface area (Å²) in [5, 5.41) is 3.30. The van der Waals surface area contributed by atoms with E-state index in [-0.39, 0.29) is 5.75 Å². The topological polar surface area (TPSA) is 71.1 Å². The Morgan fingerprint density at radius 1 is 1.44 bits per heavy atom. The van der Waals surface area contributed by atoms with E-state index in [1.165, 1.54) is 19.0 Å². The van der Waals surface area contributed by atoms with Crippen molar-refractivity contribution < 1.29 is 8.42 Å². The van der Waals surface area contributed by atoms with Crippen molar-refractivity contribution in [3.05, 3.63) is 24.0 Å². The second kappa shape index (κ2) is 5.67. The van der Waals surface area contributed by atoms with Gasteiger partial charge < -0.3 is 5.32 Å². The van der Waals surface area contributed by atoms with Crippen LogP contribution >= 0.6 is 0 Å². The third-order valence-corrected chi connectivity index (χ3v) is 4.26. The highest BCUT2D eigenvalue weighted by Gasteiger charge is 2.20. The van der Waals surface area contributed by atoms with Crippen molar-refractivity contribution in [3.63, 3.8) is 0 Å². The van der Waals surface area contributed by atoms with Crippen LogP contribution < -0.4 is 10.0 Å². The molecule has 6 heteroatoms. The lowest BCUT2D eigenvalue weighted by Crippen LogP contribution is -2.23. The summed E-state index contributed by atoms with van der Waals surface area (Å²) < 4.78 is 26.3. The van der Waals surface area contributed by atoms with Gasteiger partial charge in [-0.05, 0) is 44.4 Å². The minimum Gasteiger partial charge on any atom is -0.314 e. The third kappa shape index (κ3) is 4.27. The standard InChI is InChI=1S/C12H19N3O2S/c1-10-5-7-13-9-12(10)15-18(16,17)8-2-6-14-11-3-4-11/h5,7,9,11,14-15H,2-4,6,8H2,1H3. The Morgan fingerprint density at radius 3 is 2.89 bits per heavy atom. The van der Waals surface area contributed by atoms with Crippen LogP contribution in [-0.2, 0) is 10.0 Å². The molecule has 2 rings (SSSR count). The highest BCUT2D eigenvalue weighted by Crippen LogP contribution is 2.18. The van der Waals surface area contributed by atoms with Gasteiger partial charge in [0.1, 0.15) is 0 Å². The molecule has 1 aromatic rings. The van der Waals surface area contributed by atoms with Gasteiger partial charge in [-0.25, -0.2) is 8.42 Å². The van der Waals surface area contributed by atoms with Crippen LogP contribution in [0.3, 0.4) is 0 Å². The Morgan fingerprint density at radius 2 is 2.22 bits per heavy atom. The Bertz CT molecular complexity index is 498. The lowest BCUT2D eigenvalue weighted by atomic mass is 10.3. The number of pyridine rings is 1. The van der Waals surface area contributed by atoms with E-state index in [1.807, 2.05) is 6.92 Å². The highest BCUT2D eigenvalue weighted by atomic mass is 32.2. The first-order valence-corrected chi connectivity index (χ1v) is 7.86. The van der Waals surface area contributed by atoms with E-state index in [0.717, 1.165) is 12.1 Å². The summed E-state index contributed by atoms with van der Waals surface area (Å²) in [5.41, 5.74) is 1.44. The molecule has 18 heavy (non-hydrogen) atoms. The molecular weight excluding hydrogens is 250 g/mol. The molecule has 0 spiro atoms. The molecule has 100 valence electrons. The Balaban J connectivity index is 1.80. The lowest BCUT2D eigenvalue weighted by molar-refractivity contribution is 0.593. The van der Waals surface area contributed by atoms with Crippen LogP contribution in [0, 0.1) is 6.92 Å². The van der Waals surface area contributed by atoms with Gasteiger partial charge in [0, 0.05) is 12.2 Å². The van der Waals surface area contributed by atoms with Crippen molar-refractivity contribution in [1.82, 2.24) is 10.3 Å². The average Bonchev–Trinajstić information content (AvgIpc) is 3.12. The molecule has 0 atom stereocenters. The zero-order valence-electron chi connectivity index (χ0n) is 10.5. The van der Waals surface area contributed by atoms with Gasteiger partial charge in [0.05, 0.1) is 17.6 Å². The van der Waals surface area contributed by atoms with Gasteiger partial charge in [0.2, 0.25) is 10.0 Å². The van der Waals surface area contributed by atoms with Gasteiger partial charge in [-0.1, -0.05) is 0 Å². The number of aromatic nitrogens is 1. The molecule has 1 aromatic heterocycles. The second-order valence-corrected chi connectivity index (χ2v) is 6.54. The maximum atomic E-state index is 11.8. The fourth-order valence-electron chi connectivity index (χ4n) is 1.65. The number of anilines is 1. The molecular formula is C12H19N3O2S. The number of hydrogen-bond donors (Lipinski definition) is 2. The Kier molecular flexibility index (Phi) is 4.19. The maximum Gasteiger partial charge on any atom is 0.232 e. The monoisotopic (exact) mass is 269 g/mol. The normalized spacial score (nSPS) is 15.6. The molecule has 0 aromatic carbocycles. The minimum atomic E-state index is -3.26. The smallest absolute Gasteiger partial charge is 0.232 e. The van der Waals surface area contributed by atoms with Gasteiger partial charge in [-0.15, -0.1) is 0 Å². The minimum absolute atomic E-state index is 0.140. The molecule has 0 aliphatic heterocycles. The molecule has 0 saturated heterocycles. The summed E-state index contributed by atoms with van der Waals surface area (Å²) in [5.74, 6) is 0.140. The van der Waals surface area contributed by atoms with E-state index < -0.39 is 10.0 Å². The van der Waals surface area contributed by atoms with Crippen LogP contribution in [0.2, 0.25) is 0 Å². The predicted octanol–water partition coefficient (Wildman–Crippen LogP) is 1.27.